The largest absolute Gasteiger partial charge is 0.475 e. The molecule has 5 nitrogen and oxygen atoms in total. The van der Waals surface area contributed by atoms with Crippen LogP contribution in [-0.4, -0.2) is 21.1 Å². The Bertz CT molecular complexity index is 542. The average Bonchev–Trinajstić information content (AvgIpc) is 2.36. The van der Waals surface area contributed by atoms with Crippen LogP contribution in [0.25, 0.3) is 0 Å². The minimum atomic E-state index is 0.123. The number of rotatable bonds is 5. The zero-order valence-electron chi connectivity index (χ0n) is 11.4. The van der Waals surface area contributed by atoms with Gasteiger partial charge in [-0.05, 0) is 32.4 Å². The third kappa shape index (κ3) is 4.21. The van der Waals surface area contributed by atoms with E-state index in [-0.39, 0.29) is 6.10 Å². The van der Waals surface area contributed by atoms with E-state index in [4.69, 9.17) is 4.74 Å². The maximum Gasteiger partial charge on any atom is 0.213 e. The molecule has 19 heavy (non-hydrogen) atoms. The molecule has 100 valence electrons. The van der Waals surface area contributed by atoms with Crippen LogP contribution in [0, 0.1) is 6.92 Å². The van der Waals surface area contributed by atoms with Crippen molar-refractivity contribution < 1.29 is 4.74 Å². The van der Waals surface area contributed by atoms with E-state index in [2.05, 4.69) is 20.3 Å². The molecule has 0 aliphatic heterocycles. The highest BCUT2D eigenvalue weighted by Crippen LogP contribution is 2.12. The van der Waals surface area contributed by atoms with Gasteiger partial charge in [-0.15, -0.1) is 0 Å². The lowest BCUT2D eigenvalue weighted by molar-refractivity contribution is 0.232. The molecule has 0 radical (unpaired) electrons. The van der Waals surface area contributed by atoms with E-state index < -0.39 is 0 Å². The molecule has 1 N–H and O–H groups in total. The number of aromatic nitrogens is 3. The Morgan fingerprint density at radius 1 is 1.32 bits per heavy atom. The highest BCUT2D eigenvalue weighted by Gasteiger charge is 2.01. The molecule has 0 amide bonds. The average molecular weight is 258 g/mol. The lowest BCUT2D eigenvalue weighted by atomic mass is 10.2. The van der Waals surface area contributed by atoms with E-state index in [1.807, 2.05) is 32.9 Å². The molecular weight excluding hydrogens is 240 g/mol. The van der Waals surface area contributed by atoms with Crippen molar-refractivity contribution in [1.82, 2.24) is 15.0 Å². The first-order chi connectivity index (χ1) is 9.13. The first-order valence-electron chi connectivity index (χ1n) is 6.27. The summed E-state index contributed by atoms with van der Waals surface area (Å²) in [5, 5.41) is 3.23. The Morgan fingerprint density at radius 2 is 2.16 bits per heavy atom. The fourth-order valence-electron chi connectivity index (χ4n) is 1.61. The Kier molecular flexibility index (Phi) is 4.28. The Labute approximate surface area is 113 Å². The molecule has 2 rings (SSSR count). The summed E-state index contributed by atoms with van der Waals surface area (Å²) in [4.78, 5) is 12.6. The topological polar surface area (TPSA) is 59.9 Å². The highest BCUT2D eigenvalue weighted by atomic mass is 16.5. The summed E-state index contributed by atoms with van der Waals surface area (Å²) >= 11 is 0. The smallest absolute Gasteiger partial charge is 0.213 e. The van der Waals surface area contributed by atoms with Crippen LogP contribution in [0.4, 0.5) is 5.82 Å². The van der Waals surface area contributed by atoms with Gasteiger partial charge in [0.05, 0.1) is 18.0 Å². The van der Waals surface area contributed by atoms with Gasteiger partial charge in [0, 0.05) is 25.0 Å². The summed E-state index contributed by atoms with van der Waals surface area (Å²) in [7, 11) is 0. The molecule has 0 aliphatic rings. The van der Waals surface area contributed by atoms with Gasteiger partial charge >= 0.3 is 0 Å². The number of aryl methyl sites for hydroxylation is 1. The van der Waals surface area contributed by atoms with Gasteiger partial charge in [-0.2, -0.15) is 0 Å². The monoisotopic (exact) mass is 258 g/mol. The van der Waals surface area contributed by atoms with Crippen molar-refractivity contribution in [2.75, 3.05) is 5.32 Å². The molecule has 0 bridgehead atoms. The molecule has 2 aromatic rings. The van der Waals surface area contributed by atoms with Crippen molar-refractivity contribution in [2.24, 2.45) is 0 Å². The van der Waals surface area contributed by atoms with Crippen LogP contribution >= 0.6 is 0 Å². The quantitative estimate of drug-likeness (QED) is 0.893. The standard InChI is InChI=1S/C14H18N4O/c1-10(2)19-14-6-12(4-5-16-14)8-17-13-9-15-7-11(3)18-13/h4-7,9-10H,8H2,1-3H3,(H,17,18). The van der Waals surface area contributed by atoms with Crippen molar-refractivity contribution in [2.45, 2.75) is 33.4 Å². The summed E-state index contributed by atoms with van der Waals surface area (Å²) in [5.74, 6) is 1.41. The van der Waals surface area contributed by atoms with Gasteiger partial charge in [-0.25, -0.2) is 9.97 Å². The second kappa shape index (κ2) is 6.13. The summed E-state index contributed by atoms with van der Waals surface area (Å²) in [6, 6.07) is 3.87. The molecule has 0 spiro atoms. The lowest BCUT2D eigenvalue weighted by Gasteiger charge is -2.10. The summed E-state index contributed by atoms with van der Waals surface area (Å²) in [5.41, 5.74) is 1.98. The molecule has 0 atom stereocenters. The van der Waals surface area contributed by atoms with E-state index in [1.165, 1.54) is 0 Å². The Balaban J connectivity index is 1.99. The molecule has 0 aromatic carbocycles. The van der Waals surface area contributed by atoms with Crippen molar-refractivity contribution in [3.8, 4) is 5.88 Å². The van der Waals surface area contributed by atoms with Crippen LogP contribution in [-0.2, 0) is 6.54 Å². The zero-order chi connectivity index (χ0) is 13.7. The van der Waals surface area contributed by atoms with E-state index in [0.717, 1.165) is 17.1 Å². The lowest BCUT2D eigenvalue weighted by Crippen LogP contribution is -2.08. The minimum absolute atomic E-state index is 0.123. The first kappa shape index (κ1) is 13.3. The van der Waals surface area contributed by atoms with E-state index in [0.29, 0.717) is 12.4 Å². The molecule has 0 saturated carbocycles. The van der Waals surface area contributed by atoms with E-state index >= 15 is 0 Å². The number of pyridine rings is 1. The maximum atomic E-state index is 5.56. The minimum Gasteiger partial charge on any atom is -0.475 e. The van der Waals surface area contributed by atoms with Crippen LogP contribution in [0.15, 0.2) is 30.7 Å². The van der Waals surface area contributed by atoms with Crippen molar-refractivity contribution >= 4 is 5.82 Å². The van der Waals surface area contributed by atoms with Crippen molar-refractivity contribution in [3.63, 3.8) is 0 Å². The number of nitrogens with zero attached hydrogens (tertiary/aromatic N) is 3. The van der Waals surface area contributed by atoms with Gasteiger partial charge in [-0.3, -0.25) is 4.98 Å². The number of nitrogens with one attached hydrogen (secondary N) is 1. The van der Waals surface area contributed by atoms with Gasteiger partial charge in [-0.1, -0.05) is 0 Å². The molecule has 2 aromatic heterocycles. The SMILES string of the molecule is Cc1cncc(NCc2ccnc(OC(C)C)c2)n1. The van der Waals surface area contributed by atoms with Gasteiger partial charge < -0.3 is 10.1 Å². The number of ether oxygens (including phenoxy) is 1. The maximum absolute atomic E-state index is 5.56. The van der Waals surface area contributed by atoms with Gasteiger partial charge in [0.1, 0.15) is 5.82 Å². The zero-order valence-corrected chi connectivity index (χ0v) is 11.4. The summed E-state index contributed by atoms with van der Waals surface area (Å²) in [6.45, 7) is 6.54. The second-order valence-electron chi connectivity index (χ2n) is 4.57. The molecule has 0 unspecified atom stereocenters. The fraction of sp³-hybridized carbons (Fsp3) is 0.357. The third-order valence-electron chi connectivity index (χ3n) is 2.38. The predicted molar refractivity (Wildman–Crippen MR) is 74.1 cm³/mol. The first-order valence-corrected chi connectivity index (χ1v) is 6.27. The van der Waals surface area contributed by atoms with Crippen LogP contribution in [0.5, 0.6) is 5.88 Å². The molecular formula is C14H18N4O. The number of hydrogen-bond donors (Lipinski definition) is 1. The van der Waals surface area contributed by atoms with Crippen LogP contribution < -0.4 is 10.1 Å². The van der Waals surface area contributed by atoms with E-state index in [1.54, 1.807) is 18.6 Å². The van der Waals surface area contributed by atoms with Crippen molar-refractivity contribution in [1.29, 1.82) is 0 Å². The highest BCUT2D eigenvalue weighted by molar-refractivity contribution is 5.33. The fourth-order valence-corrected chi connectivity index (χ4v) is 1.61. The summed E-state index contributed by atoms with van der Waals surface area (Å²) < 4.78 is 5.56. The van der Waals surface area contributed by atoms with Gasteiger partial charge in [0.25, 0.3) is 0 Å². The predicted octanol–water partition coefficient (Wildman–Crippen LogP) is 2.58. The Hall–Kier alpha value is -2.17. The van der Waals surface area contributed by atoms with Gasteiger partial charge in [0.15, 0.2) is 0 Å². The molecule has 0 aliphatic carbocycles. The van der Waals surface area contributed by atoms with Crippen molar-refractivity contribution in [3.05, 3.63) is 42.0 Å². The van der Waals surface area contributed by atoms with Gasteiger partial charge in [0.2, 0.25) is 5.88 Å². The van der Waals surface area contributed by atoms with Crippen LogP contribution in [0.3, 0.4) is 0 Å². The molecule has 2 heterocycles. The summed E-state index contributed by atoms with van der Waals surface area (Å²) in [6.07, 6.45) is 5.31. The molecule has 5 heteroatoms. The van der Waals surface area contributed by atoms with Crippen LogP contribution in [0.2, 0.25) is 0 Å². The number of hydrogen-bond acceptors (Lipinski definition) is 5. The molecule has 0 fully saturated rings. The molecule has 0 saturated heterocycles. The third-order valence-corrected chi connectivity index (χ3v) is 2.38. The normalized spacial score (nSPS) is 10.5. The van der Waals surface area contributed by atoms with Crippen LogP contribution in [0.1, 0.15) is 25.1 Å². The van der Waals surface area contributed by atoms with E-state index in [9.17, 15) is 0 Å². The Morgan fingerprint density at radius 3 is 2.89 bits per heavy atom. The second-order valence-corrected chi connectivity index (χ2v) is 4.57. The number of anilines is 1.